The summed E-state index contributed by atoms with van der Waals surface area (Å²) in [5.41, 5.74) is 0.354. The molecule has 2 heterocycles. The summed E-state index contributed by atoms with van der Waals surface area (Å²) >= 11 is 0. The minimum Gasteiger partial charge on any atom is -0.497 e. The number of benzene rings is 2. The van der Waals surface area contributed by atoms with Gasteiger partial charge in [0.05, 0.1) is 19.3 Å². The van der Waals surface area contributed by atoms with E-state index in [1.165, 1.54) is 11.0 Å². The molecule has 0 fully saturated rings. The Bertz CT molecular complexity index is 1330. The predicted octanol–water partition coefficient (Wildman–Crippen LogP) is 1.96. The molecule has 9 nitrogen and oxygen atoms in total. The van der Waals surface area contributed by atoms with Gasteiger partial charge in [-0.3, -0.25) is 14.2 Å². The van der Waals surface area contributed by atoms with Gasteiger partial charge in [0, 0.05) is 6.07 Å². The maximum Gasteiger partial charge on any atom is 0.283 e. The molecule has 0 atom stereocenters. The lowest BCUT2D eigenvalue weighted by molar-refractivity contribution is -0.116. The van der Waals surface area contributed by atoms with E-state index in [0.29, 0.717) is 18.4 Å². The zero-order valence-electron chi connectivity index (χ0n) is 16.2. The van der Waals surface area contributed by atoms with E-state index in [1.54, 1.807) is 7.11 Å². The molecular weight excluding hydrogens is 410 g/mol. The zero-order chi connectivity index (χ0) is 22.0. The van der Waals surface area contributed by atoms with Crippen molar-refractivity contribution in [3.05, 3.63) is 76.3 Å². The number of rotatable bonds is 6. The number of nitrogens with zero attached hydrogens (tertiary/aromatic N) is 5. The first kappa shape index (κ1) is 20.1. The van der Waals surface area contributed by atoms with Crippen LogP contribution in [-0.4, -0.2) is 37.6 Å². The van der Waals surface area contributed by atoms with Gasteiger partial charge in [-0.15, -0.1) is 5.10 Å². The van der Waals surface area contributed by atoms with Crippen LogP contribution in [0.25, 0.3) is 11.2 Å². The van der Waals surface area contributed by atoms with Crippen molar-refractivity contribution in [2.24, 2.45) is 0 Å². The highest BCUT2D eigenvalue weighted by atomic mass is 19.1. The summed E-state index contributed by atoms with van der Waals surface area (Å²) in [6.45, 7) is -0.115. The molecule has 0 bridgehead atoms. The normalized spacial score (nSPS) is 10.9. The number of aromatic nitrogens is 5. The summed E-state index contributed by atoms with van der Waals surface area (Å²) in [6, 6.07) is 10.1. The van der Waals surface area contributed by atoms with Crippen LogP contribution in [0.1, 0.15) is 5.56 Å². The number of carbonyl (C=O) groups is 1. The van der Waals surface area contributed by atoms with E-state index in [0.717, 1.165) is 22.3 Å². The van der Waals surface area contributed by atoms with Crippen LogP contribution in [-0.2, 0) is 17.9 Å². The van der Waals surface area contributed by atoms with Gasteiger partial charge < -0.3 is 10.1 Å². The summed E-state index contributed by atoms with van der Waals surface area (Å²) in [5, 5.41) is 10.2. The van der Waals surface area contributed by atoms with Crippen molar-refractivity contribution in [1.82, 2.24) is 24.5 Å². The Morgan fingerprint density at radius 3 is 2.81 bits per heavy atom. The lowest BCUT2D eigenvalue weighted by Crippen LogP contribution is -2.28. The van der Waals surface area contributed by atoms with Gasteiger partial charge in [0.25, 0.3) is 5.56 Å². The Kier molecular flexibility index (Phi) is 5.39. The minimum absolute atomic E-state index is 0.00819. The van der Waals surface area contributed by atoms with Crippen LogP contribution < -0.4 is 15.6 Å². The molecule has 4 rings (SSSR count). The van der Waals surface area contributed by atoms with E-state index in [2.05, 4.69) is 20.6 Å². The number of anilines is 1. The Morgan fingerprint density at radius 1 is 1.19 bits per heavy atom. The number of hydrogen-bond acceptors (Lipinski definition) is 6. The van der Waals surface area contributed by atoms with E-state index in [1.807, 2.05) is 24.3 Å². The van der Waals surface area contributed by atoms with Crippen molar-refractivity contribution < 1.29 is 18.3 Å². The number of halogens is 2. The molecular formula is C20H16F2N6O3. The van der Waals surface area contributed by atoms with E-state index >= 15 is 0 Å². The molecule has 158 valence electrons. The Labute approximate surface area is 173 Å². The lowest BCUT2D eigenvalue weighted by atomic mass is 10.2. The molecule has 0 aliphatic heterocycles. The first-order valence-corrected chi connectivity index (χ1v) is 9.11. The molecule has 31 heavy (non-hydrogen) atoms. The molecule has 0 saturated carbocycles. The highest BCUT2D eigenvalue weighted by Gasteiger charge is 2.15. The average molecular weight is 426 g/mol. The van der Waals surface area contributed by atoms with E-state index in [4.69, 9.17) is 4.74 Å². The summed E-state index contributed by atoms with van der Waals surface area (Å²) in [7, 11) is 1.56. The third-order valence-corrected chi connectivity index (χ3v) is 4.48. The van der Waals surface area contributed by atoms with Crippen molar-refractivity contribution >= 4 is 22.8 Å². The van der Waals surface area contributed by atoms with Gasteiger partial charge in [0.15, 0.2) is 11.2 Å². The van der Waals surface area contributed by atoms with Crippen LogP contribution in [0.5, 0.6) is 5.75 Å². The first-order valence-electron chi connectivity index (χ1n) is 9.11. The second-order valence-electron chi connectivity index (χ2n) is 6.62. The largest absolute Gasteiger partial charge is 0.497 e. The van der Waals surface area contributed by atoms with Gasteiger partial charge >= 0.3 is 0 Å². The van der Waals surface area contributed by atoms with Gasteiger partial charge in [0.2, 0.25) is 5.91 Å². The second-order valence-corrected chi connectivity index (χ2v) is 6.62. The molecule has 0 aliphatic rings. The smallest absolute Gasteiger partial charge is 0.283 e. The summed E-state index contributed by atoms with van der Waals surface area (Å²) in [6.07, 6.45) is 1.19. The summed E-state index contributed by atoms with van der Waals surface area (Å²) < 4.78 is 34.4. The molecule has 0 spiro atoms. The standard InChI is InChI=1S/C20H16F2N6O3/c1-31-14-4-2-3-12(7-14)9-28-19-18(25-26-28)20(30)27(11-23-19)10-17(29)24-16-6-5-13(21)8-15(16)22/h2-8,11H,9-10H2,1H3,(H,24,29). The van der Waals surface area contributed by atoms with Crippen LogP contribution in [0.4, 0.5) is 14.5 Å². The fourth-order valence-electron chi connectivity index (χ4n) is 2.99. The SMILES string of the molecule is COc1cccc(Cn2nnc3c(=O)n(CC(=O)Nc4ccc(F)cc4F)cnc32)c1. The fourth-order valence-corrected chi connectivity index (χ4v) is 2.99. The van der Waals surface area contributed by atoms with E-state index < -0.39 is 29.6 Å². The van der Waals surface area contributed by atoms with Crippen LogP contribution in [0.3, 0.4) is 0 Å². The molecule has 11 heteroatoms. The Morgan fingerprint density at radius 2 is 2.03 bits per heavy atom. The molecule has 0 unspecified atom stereocenters. The number of nitrogens with one attached hydrogen (secondary N) is 1. The van der Waals surface area contributed by atoms with Crippen LogP contribution >= 0.6 is 0 Å². The molecule has 2 aromatic carbocycles. The monoisotopic (exact) mass is 426 g/mol. The van der Waals surface area contributed by atoms with Crippen LogP contribution in [0.15, 0.2) is 53.6 Å². The molecule has 2 aromatic heterocycles. The van der Waals surface area contributed by atoms with E-state index in [9.17, 15) is 18.4 Å². The quantitative estimate of drug-likeness (QED) is 0.506. The third kappa shape index (κ3) is 4.25. The van der Waals surface area contributed by atoms with Crippen molar-refractivity contribution in [2.75, 3.05) is 12.4 Å². The molecule has 0 saturated heterocycles. The number of carbonyl (C=O) groups excluding carboxylic acids is 1. The van der Waals surface area contributed by atoms with Crippen LogP contribution in [0, 0.1) is 11.6 Å². The molecule has 0 aliphatic carbocycles. The number of hydrogen-bond donors (Lipinski definition) is 1. The number of ether oxygens (including phenoxy) is 1. The topological polar surface area (TPSA) is 104 Å². The third-order valence-electron chi connectivity index (χ3n) is 4.48. The lowest BCUT2D eigenvalue weighted by Gasteiger charge is -2.08. The predicted molar refractivity (Wildman–Crippen MR) is 107 cm³/mol. The first-order chi connectivity index (χ1) is 14.9. The van der Waals surface area contributed by atoms with Gasteiger partial charge in [-0.2, -0.15) is 0 Å². The maximum absolute atomic E-state index is 13.7. The number of fused-ring (bicyclic) bond motifs is 1. The molecule has 4 aromatic rings. The van der Waals surface area contributed by atoms with Crippen LogP contribution in [0.2, 0.25) is 0 Å². The average Bonchev–Trinajstić information content (AvgIpc) is 3.16. The molecule has 1 amide bonds. The van der Waals surface area contributed by atoms with Gasteiger partial charge in [-0.25, -0.2) is 18.4 Å². The number of methoxy groups -OCH3 is 1. The fraction of sp³-hybridized carbons (Fsp3) is 0.150. The minimum atomic E-state index is -0.922. The highest BCUT2D eigenvalue weighted by molar-refractivity contribution is 5.90. The van der Waals surface area contributed by atoms with Crippen molar-refractivity contribution in [3.63, 3.8) is 0 Å². The van der Waals surface area contributed by atoms with E-state index in [-0.39, 0.29) is 16.9 Å². The zero-order valence-corrected chi connectivity index (χ0v) is 16.2. The maximum atomic E-state index is 13.7. The summed E-state index contributed by atoms with van der Waals surface area (Å²) in [5.74, 6) is -1.69. The highest BCUT2D eigenvalue weighted by Crippen LogP contribution is 2.16. The van der Waals surface area contributed by atoms with Crippen molar-refractivity contribution in [2.45, 2.75) is 13.1 Å². The Balaban J connectivity index is 1.54. The second kappa shape index (κ2) is 8.30. The number of amides is 1. The van der Waals surface area contributed by atoms with Gasteiger partial charge in [-0.05, 0) is 29.8 Å². The van der Waals surface area contributed by atoms with Gasteiger partial charge in [-0.1, -0.05) is 17.3 Å². The van der Waals surface area contributed by atoms with Crippen molar-refractivity contribution in [3.8, 4) is 5.75 Å². The molecule has 0 radical (unpaired) electrons. The van der Waals surface area contributed by atoms with Crippen molar-refractivity contribution in [1.29, 1.82) is 0 Å². The Hall–Kier alpha value is -4.15. The van der Waals surface area contributed by atoms with Gasteiger partial charge in [0.1, 0.15) is 30.3 Å². The molecule has 1 N–H and O–H groups in total. The summed E-state index contributed by atoms with van der Waals surface area (Å²) in [4.78, 5) is 29.1.